The van der Waals surface area contributed by atoms with E-state index in [1.54, 1.807) is 31.5 Å². The van der Waals surface area contributed by atoms with Gasteiger partial charge in [0.15, 0.2) is 11.5 Å². The molecule has 98 valence electrons. The van der Waals surface area contributed by atoms with Crippen LogP contribution in [-0.2, 0) is 0 Å². The molecule has 2 rings (SSSR count). The molecule has 0 saturated heterocycles. The summed E-state index contributed by atoms with van der Waals surface area (Å²) in [4.78, 5) is 4.32. The molecular formula is C15H15NO3. The Balaban J connectivity index is 2.33. The predicted molar refractivity (Wildman–Crippen MR) is 74.9 cm³/mol. The van der Waals surface area contributed by atoms with Crippen molar-refractivity contribution in [1.82, 2.24) is 0 Å². The molecule has 0 atom stereocenters. The first-order valence-corrected chi connectivity index (χ1v) is 5.79. The first-order valence-electron chi connectivity index (χ1n) is 5.79. The van der Waals surface area contributed by atoms with Crippen LogP contribution in [0.2, 0.25) is 0 Å². The molecule has 0 spiro atoms. The Morgan fingerprint density at radius 1 is 0.947 bits per heavy atom. The van der Waals surface area contributed by atoms with E-state index < -0.39 is 0 Å². The van der Waals surface area contributed by atoms with Gasteiger partial charge in [0, 0.05) is 11.8 Å². The number of ether oxygens (including phenoxy) is 2. The number of nitrogens with zero attached hydrogens (tertiary/aromatic N) is 1. The lowest BCUT2D eigenvalue weighted by Gasteiger charge is -2.06. The molecule has 0 saturated carbocycles. The van der Waals surface area contributed by atoms with Gasteiger partial charge in [-0.25, -0.2) is 0 Å². The molecule has 0 radical (unpaired) electrons. The summed E-state index contributed by atoms with van der Waals surface area (Å²) >= 11 is 0. The van der Waals surface area contributed by atoms with E-state index >= 15 is 0 Å². The number of hydrogen-bond donors (Lipinski definition) is 1. The van der Waals surface area contributed by atoms with Gasteiger partial charge in [-0.15, -0.1) is 0 Å². The molecule has 0 aromatic heterocycles. The topological polar surface area (TPSA) is 51.0 Å². The van der Waals surface area contributed by atoms with E-state index in [-0.39, 0.29) is 5.75 Å². The number of phenols is 1. The maximum absolute atomic E-state index is 9.95. The molecule has 0 unspecified atom stereocenters. The molecule has 0 aliphatic carbocycles. The van der Waals surface area contributed by atoms with Gasteiger partial charge in [-0.1, -0.05) is 18.2 Å². The van der Waals surface area contributed by atoms with Crippen LogP contribution in [-0.4, -0.2) is 25.5 Å². The monoisotopic (exact) mass is 257 g/mol. The number of rotatable bonds is 4. The number of para-hydroxylation sites is 3. The molecule has 0 fully saturated rings. The summed E-state index contributed by atoms with van der Waals surface area (Å²) in [6.07, 6.45) is 1.58. The van der Waals surface area contributed by atoms with Crippen LogP contribution >= 0.6 is 0 Å². The second-order valence-electron chi connectivity index (χ2n) is 3.83. The Morgan fingerprint density at radius 3 is 2.37 bits per heavy atom. The highest BCUT2D eigenvalue weighted by Gasteiger charge is 2.05. The lowest BCUT2D eigenvalue weighted by molar-refractivity contribution is 0.373. The molecule has 0 amide bonds. The summed E-state index contributed by atoms with van der Waals surface area (Å²) in [7, 11) is 3.10. The van der Waals surface area contributed by atoms with Crippen molar-refractivity contribution < 1.29 is 14.6 Å². The summed E-state index contributed by atoms with van der Waals surface area (Å²) < 4.78 is 10.3. The van der Waals surface area contributed by atoms with Crippen LogP contribution in [0.25, 0.3) is 0 Å². The van der Waals surface area contributed by atoms with Crippen LogP contribution in [0.3, 0.4) is 0 Å². The number of benzene rings is 2. The Morgan fingerprint density at radius 2 is 1.63 bits per heavy atom. The average molecular weight is 257 g/mol. The lowest BCUT2D eigenvalue weighted by Crippen LogP contribution is -1.88. The number of hydrogen-bond acceptors (Lipinski definition) is 4. The number of aromatic hydroxyl groups is 1. The van der Waals surface area contributed by atoms with Crippen LogP contribution < -0.4 is 9.47 Å². The second kappa shape index (κ2) is 5.91. The first-order chi connectivity index (χ1) is 9.26. The van der Waals surface area contributed by atoms with Crippen LogP contribution in [0.1, 0.15) is 5.56 Å². The maximum atomic E-state index is 9.95. The average Bonchev–Trinajstić information content (AvgIpc) is 2.46. The van der Waals surface area contributed by atoms with E-state index in [9.17, 15) is 5.11 Å². The minimum atomic E-state index is 0.0728. The molecule has 0 heterocycles. The van der Waals surface area contributed by atoms with Crippen molar-refractivity contribution in [2.24, 2.45) is 4.99 Å². The van der Waals surface area contributed by atoms with E-state index in [1.807, 2.05) is 24.3 Å². The molecule has 0 bridgehead atoms. The van der Waals surface area contributed by atoms with Crippen molar-refractivity contribution in [2.45, 2.75) is 0 Å². The Hall–Kier alpha value is -2.49. The zero-order valence-electron chi connectivity index (χ0n) is 10.8. The normalized spacial score (nSPS) is 10.6. The zero-order valence-corrected chi connectivity index (χ0v) is 10.8. The SMILES string of the molecule is COc1ccccc1N=Cc1cccc(OC)c1O. The Kier molecular flexibility index (Phi) is 4.03. The second-order valence-corrected chi connectivity index (χ2v) is 3.83. The van der Waals surface area contributed by atoms with Gasteiger partial charge in [0.25, 0.3) is 0 Å². The molecule has 2 aromatic carbocycles. The molecule has 0 aliphatic rings. The minimum absolute atomic E-state index is 0.0728. The fraction of sp³-hybridized carbons (Fsp3) is 0.133. The fourth-order valence-corrected chi connectivity index (χ4v) is 1.68. The summed E-state index contributed by atoms with van der Waals surface area (Å²) in [6.45, 7) is 0. The van der Waals surface area contributed by atoms with Gasteiger partial charge < -0.3 is 14.6 Å². The minimum Gasteiger partial charge on any atom is -0.504 e. The van der Waals surface area contributed by atoms with Gasteiger partial charge in [-0.2, -0.15) is 0 Å². The van der Waals surface area contributed by atoms with Gasteiger partial charge in [0.05, 0.1) is 14.2 Å². The Bertz CT molecular complexity index is 594. The predicted octanol–water partition coefficient (Wildman–Crippen LogP) is 3.16. The summed E-state index contributed by atoms with van der Waals surface area (Å²) in [5.41, 5.74) is 1.29. The van der Waals surface area contributed by atoms with Crippen molar-refractivity contribution in [3.05, 3.63) is 48.0 Å². The standard InChI is InChI=1S/C15H15NO3/c1-18-13-8-4-3-7-12(13)16-10-11-6-5-9-14(19-2)15(11)17/h3-10,17H,1-2H3. The van der Waals surface area contributed by atoms with Crippen LogP contribution in [0.15, 0.2) is 47.5 Å². The fourth-order valence-electron chi connectivity index (χ4n) is 1.68. The van der Waals surface area contributed by atoms with Gasteiger partial charge in [0.1, 0.15) is 11.4 Å². The number of phenolic OH excluding ortho intramolecular Hbond substituents is 1. The summed E-state index contributed by atoms with van der Waals surface area (Å²) in [6, 6.07) is 12.7. The van der Waals surface area contributed by atoms with Crippen molar-refractivity contribution in [2.75, 3.05) is 14.2 Å². The van der Waals surface area contributed by atoms with Crippen LogP contribution in [0.4, 0.5) is 5.69 Å². The largest absolute Gasteiger partial charge is 0.504 e. The number of aliphatic imine (C=N–C) groups is 1. The smallest absolute Gasteiger partial charge is 0.166 e. The molecule has 1 N–H and O–H groups in total. The molecule has 19 heavy (non-hydrogen) atoms. The number of methoxy groups -OCH3 is 2. The quantitative estimate of drug-likeness (QED) is 0.856. The van der Waals surface area contributed by atoms with Crippen LogP contribution in [0, 0.1) is 0 Å². The van der Waals surface area contributed by atoms with Gasteiger partial charge in [-0.3, -0.25) is 4.99 Å². The van der Waals surface area contributed by atoms with Gasteiger partial charge >= 0.3 is 0 Å². The van der Waals surface area contributed by atoms with Crippen molar-refractivity contribution in [1.29, 1.82) is 0 Å². The molecule has 4 heteroatoms. The highest BCUT2D eigenvalue weighted by Crippen LogP contribution is 2.30. The third kappa shape index (κ3) is 2.85. The molecule has 4 nitrogen and oxygen atoms in total. The highest BCUT2D eigenvalue weighted by molar-refractivity contribution is 5.87. The molecule has 0 aliphatic heterocycles. The van der Waals surface area contributed by atoms with Gasteiger partial charge in [-0.05, 0) is 24.3 Å². The third-order valence-electron chi connectivity index (χ3n) is 2.68. The zero-order chi connectivity index (χ0) is 13.7. The lowest BCUT2D eigenvalue weighted by atomic mass is 10.2. The first kappa shape index (κ1) is 13.0. The van der Waals surface area contributed by atoms with Crippen molar-refractivity contribution >= 4 is 11.9 Å². The maximum Gasteiger partial charge on any atom is 0.166 e. The van der Waals surface area contributed by atoms with Crippen molar-refractivity contribution in [3.8, 4) is 17.2 Å². The summed E-state index contributed by atoms with van der Waals surface area (Å²) in [5, 5.41) is 9.95. The van der Waals surface area contributed by atoms with Crippen molar-refractivity contribution in [3.63, 3.8) is 0 Å². The van der Waals surface area contributed by atoms with Crippen LogP contribution in [0.5, 0.6) is 17.2 Å². The third-order valence-corrected chi connectivity index (χ3v) is 2.68. The molecule has 2 aromatic rings. The van der Waals surface area contributed by atoms with E-state index in [0.717, 1.165) is 0 Å². The Labute approximate surface area is 111 Å². The summed E-state index contributed by atoms with van der Waals surface area (Å²) in [5.74, 6) is 1.17. The molecular weight excluding hydrogens is 242 g/mol. The van der Waals surface area contributed by atoms with E-state index in [1.165, 1.54) is 7.11 Å². The van der Waals surface area contributed by atoms with E-state index in [2.05, 4.69) is 4.99 Å². The highest BCUT2D eigenvalue weighted by atomic mass is 16.5. The van der Waals surface area contributed by atoms with Gasteiger partial charge in [0.2, 0.25) is 0 Å². The van der Waals surface area contributed by atoms with E-state index in [0.29, 0.717) is 22.7 Å². The van der Waals surface area contributed by atoms with E-state index in [4.69, 9.17) is 9.47 Å².